The molecule has 1 aromatic rings. The van der Waals surface area contributed by atoms with E-state index in [0.29, 0.717) is 5.56 Å². The van der Waals surface area contributed by atoms with Gasteiger partial charge in [0.15, 0.2) is 0 Å². The number of hydrogen-bond donors (Lipinski definition) is 1. The van der Waals surface area contributed by atoms with E-state index in [4.69, 9.17) is 5.11 Å². The molecule has 0 aliphatic rings. The third-order valence-corrected chi connectivity index (χ3v) is 1.76. The van der Waals surface area contributed by atoms with Crippen LogP contribution in [-0.2, 0) is 14.3 Å². The molecule has 78 valence electrons. The lowest BCUT2D eigenvalue weighted by Gasteiger charge is -2.03. The highest BCUT2D eigenvalue weighted by molar-refractivity contribution is 6.20. The van der Waals surface area contributed by atoms with E-state index in [-0.39, 0.29) is 5.57 Å². The lowest BCUT2D eigenvalue weighted by atomic mass is 10.1. The van der Waals surface area contributed by atoms with Crippen LogP contribution in [0.5, 0.6) is 0 Å². The summed E-state index contributed by atoms with van der Waals surface area (Å²) in [6.07, 6.45) is 0.834. The predicted molar refractivity (Wildman–Crippen MR) is 54.1 cm³/mol. The molecule has 0 saturated carbocycles. The lowest BCUT2D eigenvalue weighted by Crippen LogP contribution is -2.06. The van der Waals surface area contributed by atoms with E-state index in [9.17, 15) is 9.59 Å². The minimum Gasteiger partial charge on any atom is -0.478 e. The summed E-state index contributed by atoms with van der Waals surface area (Å²) in [6, 6.07) is 8.50. The van der Waals surface area contributed by atoms with Crippen LogP contribution in [0.4, 0.5) is 0 Å². The molecule has 4 nitrogen and oxygen atoms in total. The monoisotopic (exact) mass is 206 g/mol. The van der Waals surface area contributed by atoms with Crippen LogP contribution in [0.25, 0.3) is 5.57 Å². The van der Waals surface area contributed by atoms with E-state index in [1.54, 1.807) is 30.3 Å². The highest BCUT2D eigenvalue weighted by Crippen LogP contribution is 2.15. The third-order valence-electron chi connectivity index (χ3n) is 1.76. The zero-order valence-corrected chi connectivity index (χ0v) is 8.14. The van der Waals surface area contributed by atoms with Gasteiger partial charge in [-0.1, -0.05) is 30.3 Å². The fourth-order valence-corrected chi connectivity index (χ4v) is 1.11. The molecule has 0 saturated heterocycles. The third kappa shape index (κ3) is 2.95. The van der Waals surface area contributed by atoms with Crippen molar-refractivity contribution in [3.63, 3.8) is 0 Å². The minimum absolute atomic E-state index is 0.0330. The average molecular weight is 206 g/mol. The van der Waals surface area contributed by atoms with Gasteiger partial charge in [0.1, 0.15) is 0 Å². The van der Waals surface area contributed by atoms with Gasteiger partial charge >= 0.3 is 11.9 Å². The summed E-state index contributed by atoms with van der Waals surface area (Å²) in [5.74, 6) is -1.84. The summed E-state index contributed by atoms with van der Waals surface area (Å²) in [5.41, 5.74) is 0.553. The number of methoxy groups -OCH3 is 1. The second-order valence-corrected chi connectivity index (χ2v) is 2.75. The van der Waals surface area contributed by atoms with E-state index in [2.05, 4.69) is 4.74 Å². The summed E-state index contributed by atoms with van der Waals surface area (Å²) < 4.78 is 4.50. The van der Waals surface area contributed by atoms with E-state index >= 15 is 0 Å². The maximum absolute atomic E-state index is 11.3. The summed E-state index contributed by atoms with van der Waals surface area (Å²) >= 11 is 0. The van der Waals surface area contributed by atoms with Crippen molar-refractivity contribution in [2.24, 2.45) is 0 Å². The Bertz CT molecular complexity index is 392. The van der Waals surface area contributed by atoms with Crippen LogP contribution in [0, 0.1) is 0 Å². The Kier molecular flexibility index (Phi) is 3.62. The molecule has 4 heteroatoms. The molecule has 0 unspecified atom stereocenters. The van der Waals surface area contributed by atoms with Crippen molar-refractivity contribution in [1.82, 2.24) is 0 Å². The second-order valence-electron chi connectivity index (χ2n) is 2.75. The Labute approximate surface area is 86.8 Å². The zero-order valence-electron chi connectivity index (χ0n) is 8.14. The van der Waals surface area contributed by atoms with Crippen LogP contribution in [0.3, 0.4) is 0 Å². The highest BCUT2D eigenvalue weighted by Gasteiger charge is 2.13. The first-order valence-corrected chi connectivity index (χ1v) is 4.23. The number of carbonyl (C=O) groups is 2. The summed E-state index contributed by atoms with van der Waals surface area (Å²) in [7, 11) is 1.21. The quantitative estimate of drug-likeness (QED) is 0.598. The largest absolute Gasteiger partial charge is 0.478 e. The number of ether oxygens (including phenoxy) is 1. The fourth-order valence-electron chi connectivity index (χ4n) is 1.11. The molecule has 0 bridgehead atoms. The first kappa shape index (κ1) is 11.0. The fraction of sp³-hybridized carbons (Fsp3) is 0.0909. The van der Waals surface area contributed by atoms with Gasteiger partial charge in [0.05, 0.1) is 12.7 Å². The van der Waals surface area contributed by atoms with Crippen molar-refractivity contribution in [2.75, 3.05) is 7.11 Å². The number of carboxylic acids is 1. The number of carboxylic acid groups (broad SMARTS) is 1. The van der Waals surface area contributed by atoms with Gasteiger partial charge < -0.3 is 9.84 Å². The van der Waals surface area contributed by atoms with E-state index in [1.807, 2.05) is 0 Å². The normalized spacial score (nSPS) is 10.9. The molecule has 0 aromatic heterocycles. The second kappa shape index (κ2) is 4.95. The number of rotatable bonds is 3. The Morgan fingerprint density at radius 3 is 2.33 bits per heavy atom. The van der Waals surface area contributed by atoms with E-state index in [1.165, 1.54) is 7.11 Å². The van der Waals surface area contributed by atoms with E-state index in [0.717, 1.165) is 6.08 Å². The first-order valence-electron chi connectivity index (χ1n) is 4.23. The molecule has 1 N–H and O–H groups in total. The van der Waals surface area contributed by atoms with Gasteiger partial charge in [0.25, 0.3) is 0 Å². The van der Waals surface area contributed by atoms with Crippen molar-refractivity contribution in [3.05, 3.63) is 42.0 Å². The minimum atomic E-state index is -1.18. The SMILES string of the molecule is COC(=O)/C(=C\C(=O)O)c1ccccc1. The molecule has 1 rings (SSSR count). The molecular weight excluding hydrogens is 196 g/mol. The lowest BCUT2D eigenvalue weighted by molar-refractivity contribution is -0.135. The molecule has 0 fully saturated rings. The van der Waals surface area contributed by atoms with Crippen LogP contribution in [0.2, 0.25) is 0 Å². The Morgan fingerprint density at radius 2 is 1.87 bits per heavy atom. The highest BCUT2D eigenvalue weighted by atomic mass is 16.5. The van der Waals surface area contributed by atoms with Gasteiger partial charge in [-0.05, 0) is 5.56 Å². The van der Waals surface area contributed by atoms with Crippen molar-refractivity contribution in [2.45, 2.75) is 0 Å². The number of esters is 1. The van der Waals surface area contributed by atoms with Gasteiger partial charge in [-0.15, -0.1) is 0 Å². The van der Waals surface area contributed by atoms with Crippen LogP contribution in [0.15, 0.2) is 36.4 Å². The molecule has 0 aliphatic carbocycles. The zero-order chi connectivity index (χ0) is 11.3. The van der Waals surface area contributed by atoms with Gasteiger partial charge in [-0.25, -0.2) is 9.59 Å². The van der Waals surface area contributed by atoms with Gasteiger partial charge in [0, 0.05) is 6.08 Å². The number of benzene rings is 1. The molecule has 0 aliphatic heterocycles. The van der Waals surface area contributed by atoms with Crippen molar-refractivity contribution in [3.8, 4) is 0 Å². The van der Waals surface area contributed by atoms with Crippen LogP contribution < -0.4 is 0 Å². The predicted octanol–water partition coefficient (Wildman–Crippen LogP) is 1.33. The van der Waals surface area contributed by atoms with Crippen LogP contribution in [0.1, 0.15) is 5.56 Å². The number of carbonyl (C=O) groups excluding carboxylic acids is 1. The van der Waals surface area contributed by atoms with Gasteiger partial charge in [0.2, 0.25) is 0 Å². The molecule has 0 amide bonds. The smallest absolute Gasteiger partial charge is 0.338 e. The van der Waals surface area contributed by atoms with Crippen molar-refractivity contribution in [1.29, 1.82) is 0 Å². The topological polar surface area (TPSA) is 63.6 Å². The molecule has 1 aromatic carbocycles. The maximum atomic E-state index is 11.3. The van der Waals surface area contributed by atoms with Crippen molar-refractivity contribution < 1.29 is 19.4 Å². The Morgan fingerprint density at radius 1 is 1.27 bits per heavy atom. The molecule has 0 radical (unpaired) electrons. The first-order chi connectivity index (χ1) is 7.15. The van der Waals surface area contributed by atoms with Crippen molar-refractivity contribution >= 4 is 17.5 Å². The van der Waals surface area contributed by atoms with E-state index < -0.39 is 11.9 Å². The molecule has 0 atom stereocenters. The molecule has 0 heterocycles. The van der Waals surface area contributed by atoms with Crippen LogP contribution >= 0.6 is 0 Å². The molecular formula is C11H10O4. The number of aliphatic carboxylic acids is 1. The number of hydrogen-bond acceptors (Lipinski definition) is 3. The Balaban J connectivity index is 3.13. The maximum Gasteiger partial charge on any atom is 0.338 e. The standard InChI is InChI=1S/C11H10O4/c1-15-11(14)9(7-10(12)13)8-5-3-2-4-6-8/h2-7H,1H3,(H,12,13)/b9-7-. The summed E-state index contributed by atoms with van der Waals surface area (Å²) in [6.45, 7) is 0. The summed E-state index contributed by atoms with van der Waals surface area (Å²) in [5, 5.41) is 8.61. The summed E-state index contributed by atoms with van der Waals surface area (Å²) in [4.78, 5) is 21.8. The average Bonchev–Trinajstić information content (AvgIpc) is 2.26. The van der Waals surface area contributed by atoms with Crippen LogP contribution in [-0.4, -0.2) is 24.2 Å². The Hall–Kier alpha value is -2.10. The molecule has 0 spiro atoms. The van der Waals surface area contributed by atoms with Gasteiger partial charge in [-0.2, -0.15) is 0 Å². The molecule has 15 heavy (non-hydrogen) atoms. The van der Waals surface area contributed by atoms with Gasteiger partial charge in [-0.3, -0.25) is 0 Å².